The molecule has 2 heterocycles. The van der Waals surface area contributed by atoms with Gasteiger partial charge >= 0.3 is 6.01 Å². The summed E-state index contributed by atoms with van der Waals surface area (Å²) in [6.45, 7) is 8.95. The molecule has 1 aliphatic heterocycles. The Morgan fingerprint density at radius 3 is 2.33 bits per heavy atom. The third-order valence-electron chi connectivity index (χ3n) is 5.70. The quantitative estimate of drug-likeness (QED) is 0.560. The molecule has 0 saturated heterocycles. The second kappa shape index (κ2) is 5.48. The molecule has 5 rings (SSSR count). The summed E-state index contributed by atoms with van der Waals surface area (Å²) in [6.07, 6.45) is 1.90. The van der Waals surface area contributed by atoms with Crippen LogP contribution in [0.15, 0.2) is 60.8 Å². The molecular weight excluding hydrogens is 330 g/mol. The number of fused-ring (bicyclic) bond motifs is 4. The number of benzene rings is 2. The van der Waals surface area contributed by atoms with Crippen LogP contribution in [0.25, 0.3) is 11.1 Å². The van der Waals surface area contributed by atoms with Gasteiger partial charge < -0.3 is 0 Å². The highest BCUT2D eigenvalue weighted by Crippen LogP contribution is 2.51. The molecular formula is C24H23N3+2. The monoisotopic (exact) mass is 353 g/mol. The predicted octanol–water partition coefficient (Wildman–Crippen LogP) is 5.46. The van der Waals surface area contributed by atoms with Crippen molar-refractivity contribution in [2.45, 2.75) is 39.2 Å². The van der Waals surface area contributed by atoms with Crippen molar-refractivity contribution in [3.63, 3.8) is 0 Å². The van der Waals surface area contributed by atoms with Crippen LogP contribution in [0.3, 0.4) is 0 Å². The summed E-state index contributed by atoms with van der Waals surface area (Å²) < 4.78 is 4.45. The van der Waals surface area contributed by atoms with Crippen molar-refractivity contribution in [2.24, 2.45) is 0 Å². The Morgan fingerprint density at radius 1 is 0.852 bits per heavy atom. The van der Waals surface area contributed by atoms with Crippen molar-refractivity contribution in [3.05, 3.63) is 72.1 Å². The average molecular weight is 353 g/mol. The summed E-state index contributed by atoms with van der Waals surface area (Å²) in [5.41, 5.74) is 8.43. The lowest BCUT2D eigenvalue weighted by Crippen LogP contribution is -2.19. The standard InChI is InChI=1S/C24H23N3/c1-16(2)26-15-27(20-12-6-5-11-19(20)26)21-13-7-9-17-18-10-8-14-25-23(18)24(3,4)22(17)21/h5-14,16H,1-4H3/q+2. The van der Waals surface area contributed by atoms with Crippen LogP contribution < -0.4 is 4.58 Å². The maximum absolute atomic E-state index is 4.73. The number of rotatable bonds is 2. The molecule has 3 heteroatoms. The minimum atomic E-state index is -0.148. The Hall–Kier alpha value is -3.03. The Morgan fingerprint density at radius 2 is 1.56 bits per heavy atom. The lowest BCUT2D eigenvalue weighted by molar-refractivity contribution is -0.466. The van der Waals surface area contributed by atoms with Crippen LogP contribution in [0.5, 0.6) is 0 Å². The van der Waals surface area contributed by atoms with Gasteiger partial charge in [-0.1, -0.05) is 34.9 Å². The van der Waals surface area contributed by atoms with E-state index in [0.29, 0.717) is 6.04 Å². The molecule has 0 radical (unpaired) electrons. The number of aromatic nitrogens is 1. The first-order chi connectivity index (χ1) is 13.0. The van der Waals surface area contributed by atoms with Gasteiger partial charge in [-0.25, -0.2) is 0 Å². The fourth-order valence-corrected chi connectivity index (χ4v) is 4.50. The number of hydrogen-bond acceptors (Lipinski definition) is 1. The summed E-state index contributed by atoms with van der Waals surface area (Å²) in [5, 5.41) is 0. The highest BCUT2D eigenvalue weighted by molar-refractivity contribution is 5.87. The van der Waals surface area contributed by atoms with Crippen LogP contribution in [0, 0.1) is 0 Å². The van der Waals surface area contributed by atoms with E-state index >= 15 is 0 Å². The second-order valence-corrected chi connectivity index (χ2v) is 8.11. The van der Waals surface area contributed by atoms with Crippen molar-refractivity contribution in [2.75, 3.05) is 0 Å². The lowest BCUT2D eigenvalue weighted by atomic mass is 9.84. The van der Waals surface area contributed by atoms with Gasteiger partial charge in [-0.2, -0.15) is 0 Å². The molecule has 0 atom stereocenters. The van der Waals surface area contributed by atoms with Gasteiger partial charge in [-0.3, -0.25) is 4.98 Å². The maximum Gasteiger partial charge on any atom is 0.496 e. The molecule has 27 heavy (non-hydrogen) atoms. The third kappa shape index (κ3) is 2.12. The largest absolute Gasteiger partial charge is 0.496 e. The maximum atomic E-state index is 4.73. The highest BCUT2D eigenvalue weighted by atomic mass is 15.2. The van der Waals surface area contributed by atoms with Crippen LogP contribution in [0.4, 0.5) is 17.1 Å². The molecule has 3 aromatic rings. The Kier molecular flexibility index (Phi) is 3.28. The van der Waals surface area contributed by atoms with Gasteiger partial charge in [0.25, 0.3) is 11.4 Å². The number of pyridine rings is 1. The van der Waals surface area contributed by atoms with Crippen LogP contribution in [-0.2, 0) is 5.41 Å². The molecule has 1 aliphatic carbocycles. The number of hydrogen-bond donors (Lipinski definition) is 0. The number of para-hydroxylation sites is 2. The van der Waals surface area contributed by atoms with Crippen LogP contribution in [0.2, 0.25) is 0 Å². The van der Waals surface area contributed by atoms with Crippen molar-refractivity contribution >= 4 is 23.1 Å². The first-order valence-corrected chi connectivity index (χ1v) is 9.54. The van der Waals surface area contributed by atoms with E-state index in [1.54, 1.807) is 0 Å². The van der Waals surface area contributed by atoms with E-state index in [-0.39, 0.29) is 5.41 Å². The van der Waals surface area contributed by atoms with Crippen molar-refractivity contribution in [1.29, 1.82) is 0 Å². The lowest BCUT2D eigenvalue weighted by Gasteiger charge is -2.20. The average Bonchev–Trinajstić information content (AvgIpc) is 3.17. The molecule has 0 bridgehead atoms. The minimum Gasteiger partial charge on any atom is -0.260 e. The highest BCUT2D eigenvalue weighted by Gasteiger charge is 2.45. The number of nitrogens with zero attached hydrogens (tertiary/aromatic N) is 3. The molecule has 0 saturated carbocycles. The predicted molar refractivity (Wildman–Crippen MR) is 110 cm³/mol. The molecule has 1 aromatic heterocycles. The summed E-state index contributed by atoms with van der Waals surface area (Å²) in [7, 11) is 0. The van der Waals surface area contributed by atoms with Gasteiger partial charge in [0.1, 0.15) is 0 Å². The Labute approximate surface area is 160 Å². The van der Waals surface area contributed by atoms with Gasteiger partial charge in [-0.15, -0.1) is 0 Å². The topological polar surface area (TPSA) is 18.9 Å². The van der Waals surface area contributed by atoms with E-state index < -0.39 is 0 Å². The molecule has 0 spiro atoms. The van der Waals surface area contributed by atoms with Gasteiger partial charge in [0.2, 0.25) is 5.69 Å². The molecule has 3 nitrogen and oxygen atoms in total. The van der Waals surface area contributed by atoms with Crippen molar-refractivity contribution in [1.82, 2.24) is 9.56 Å². The Bertz CT molecular complexity index is 1160. The van der Waals surface area contributed by atoms with Crippen molar-refractivity contribution in [3.8, 4) is 11.1 Å². The minimum absolute atomic E-state index is 0.148. The fraction of sp³-hybridized carbons (Fsp3) is 0.250. The third-order valence-corrected chi connectivity index (χ3v) is 5.70. The van der Waals surface area contributed by atoms with Gasteiger partial charge in [0.15, 0.2) is 6.04 Å². The Balaban J connectivity index is 1.83. The molecule has 2 aliphatic rings. The first-order valence-electron chi connectivity index (χ1n) is 9.54. The van der Waals surface area contributed by atoms with E-state index in [0.717, 1.165) is 5.69 Å². The van der Waals surface area contributed by atoms with E-state index in [1.165, 1.54) is 33.8 Å². The van der Waals surface area contributed by atoms with Crippen LogP contribution >= 0.6 is 0 Å². The second-order valence-electron chi connectivity index (χ2n) is 8.11. The van der Waals surface area contributed by atoms with Gasteiger partial charge in [-0.05, 0) is 43.9 Å². The molecule has 2 aromatic carbocycles. The first kappa shape index (κ1) is 16.2. The summed E-state index contributed by atoms with van der Waals surface area (Å²) in [5.74, 6) is 0. The van der Waals surface area contributed by atoms with E-state index in [2.05, 4.69) is 91.4 Å². The van der Waals surface area contributed by atoms with Gasteiger partial charge in [0, 0.05) is 40.9 Å². The molecule has 132 valence electrons. The molecule has 0 unspecified atom stereocenters. The fourth-order valence-electron chi connectivity index (χ4n) is 4.50. The van der Waals surface area contributed by atoms with Crippen molar-refractivity contribution < 1.29 is 4.58 Å². The van der Waals surface area contributed by atoms with E-state index in [9.17, 15) is 0 Å². The zero-order valence-electron chi connectivity index (χ0n) is 16.2. The molecule has 0 N–H and O–H groups in total. The zero-order chi connectivity index (χ0) is 18.8. The molecule has 0 fully saturated rings. The summed E-state index contributed by atoms with van der Waals surface area (Å²) in [4.78, 5) is 4.73. The smallest absolute Gasteiger partial charge is 0.260 e. The van der Waals surface area contributed by atoms with E-state index in [1.807, 2.05) is 12.3 Å². The normalized spacial score (nSPS) is 15.9. The SMILES string of the molecule is CC(C)[N+]1=C=[N+](c2cccc3c2C(C)(C)c2ncccc2-3)c2ccccc21. The summed E-state index contributed by atoms with van der Waals surface area (Å²) >= 11 is 0. The molecule has 0 amide bonds. The summed E-state index contributed by atoms with van der Waals surface area (Å²) in [6, 6.07) is 23.3. The zero-order valence-corrected chi connectivity index (χ0v) is 16.2. The van der Waals surface area contributed by atoms with Crippen LogP contribution in [0.1, 0.15) is 39.0 Å². The van der Waals surface area contributed by atoms with Gasteiger partial charge in [0.05, 0.1) is 5.69 Å². The van der Waals surface area contributed by atoms with E-state index in [4.69, 9.17) is 4.98 Å². The van der Waals surface area contributed by atoms with Crippen LogP contribution in [-0.4, -0.2) is 21.6 Å².